The Morgan fingerprint density at radius 1 is 1.53 bits per heavy atom. The zero-order valence-electron chi connectivity index (χ0n) is 8.52. The predicted molar refractivity (Wildman–Crippen MR) is 55.8 cm³/mol. The molecule has 1 N–H and O–H groups in total. The van der Waals surface area contributed by atoms with E-state index in [0.717, 1.165) is 22.2 Å². The van der Waals surface area contributed by atoms with Crippen molar-refractivity contribution in [1.82, 2.24) is 25.1 Å². The van der Waals surface area contributed by atoms with E-state index in [4.69, 9.17) is 0 Å². The summed E-state index contributed by atoms with van der Waals surface area (Å²) in [6, 6.07) is 0. The molecule has 0 aliphatic carbocycles. The number of hydrogen-bond donors (Lipinski definition) is 1. The Morgan fingerprint density at radius 3 is 3.00 bits per heavy atom. The van der Waals surface area contributed by atoms with Crippen molar-refractivity contribution in [3.8, 4) is 0 Å². The number of aromatic nitrogens is 4. The monoisotopic (exact) mass is 225 g/mol. The fourth-order valence-electron chi connectivity index (χ4n) is 1.20. The average Bonchev–Trinajstić information content (AvgIpc) is 2.69. The van der Waals surface area contributed by atoms with Crippen LogP contribution < -0.4 is 5.32 Å². The first kappa shape index (κ1) is 10.0. The van der Waals surface area contributed by atoms with Crippen molar-refractivity contribution >= 4 is 22.2 Å². The van der Waals surface area contributed by atoms with E-state index in [1.54, 1.807) is 4.52 Å². The second-order valence-corrected chi connectivity index (χ2v) is 4.21. The van der Waals surface area contributed by atoms with Crippen molar-refractivity contribution in [2.45, 2.75) is 20.3 Å². The molecule has 80 valence electrons. The Hall–Kier alpha value is -1.50. The van der Waals surface area contributed by atoms with Crippen LogP contribution in [0.4, 0.5) is 0 Å². The Morgan fingerprint density at radius 2 is 2.33 bits per heavy atom. The van der Waals surface area contributed by atoms with E-state index in [1.165, 1.54) is 18.3 Å². The van der Waals surface area contributed by atoms with Crippen LogP contribution in [0.3, 0.4) is 0 Å². The fourth-order valence-corrected chi connectivity index (χ4v) is 2.08. The number of aryl methyl sites for hydroxylation is 1. The largest absolute Gasteiger partial charge is 0.356 e. The van der Waals surface area contributed by atoms with Gasteiger partial charge >= 0.3 is 0 Å². The Balaban J connectivity index is 2.05. The molecule has 0 fully saturated rings. The van der Waals surface area contributed by atoms with Crippen LogP contribution in [0.1, 0.15) is 17.8 Å². The minimum atomic E-state index is -0.0193. The van der Waals surface area contributed by atoms with Crippen molar-refractivity contribution in [2.24, 2.45) is 0 Å². The zero-order valence-corrected chi connectivity index (χ0v) is 9.34. The highest BCUT2D eigenvalue weighted by Gasteiger charge is 2.07. The van der Waals surface area contributed by atoms with Gasteiger partial charge in [0.2, 0.25) is 10.9 Å². The van der Waals surface area contributed by atoms with Crippen LogP contribution in [0, 0.1) is 6.92 Å². The highest BCUT2D eigenvalue weighted by atomic mass is 32.1. The van der Waals surface area contributed by atoms with Gasteiger partial charge in [-0.3, -0.25) is 4.79 Å². The van der Waals surface area contributed by atoms with Crippen LogP contribution in [0.5, 0.6) is 0 Å². The third-order valence-electron chi connectivity index (χ3n) is 1.90. The number of rotatable bonds is 3. The summed E-state index contributed by atoms with van der Waals surface area (Å²) < 4.78 is 1.72. The van der Waals surface area contributed by atoms with Crippen LogP contribution in [0.25, 0.3) is 4.96 Å². The maximum atomic E-state index is 10.7. The Labute approximate surface area is 90.3 Å². The number of amides is 1. The third kappa shape index (κ3) is 2.12. The maximum absolute atomic E-state index is 10.7. The molecular formula is C8H11N5OS. The molecule has 2 aromatic heterocycles. The smallest absolute Gasteiger partial charge is 0.234 e. The molecule has 0 bridgehead atoms. The van der Waals surface area contributed by atoms with E-state index in [0.29, 0.717) is 6.54 Å². The van der Waals surface area contributed by atoms with Gasteiger partial charge in [0, 0.05) is 19.9 Å². The van der Waals surface area contributed by atoms with Gasteiger partial charge in [-0.2, -0.15) is 9.61 Å². The van der Waals surface area contributed by atoms with E-state index in [2.05, 4.69) is 20.6 Å². The molecule has 0 aliphatic rings. The maximum Gasteiger partial charge on any atom is 0.234 e. The minimum Gasteiger partial charge on any atom is -0.356 e. The van der Waals surface area contributed by atoms with E-state index >= 15 is 0 Å². The van der Waals surface area contributed by atoms with Gasteiger partial charge in [-0.25, -0.2) is 0 Å². The topological polar surface area (TPSA) is 72.2 Å². The molecule has 7 heteroatoms. The lowest BCUT2D eigenvalue weighted by Gasteiger charge is -1.97. The summed E-state index contributed by atoms with van der Waals surface area (Å²) in [4.78, 5) is 11.5. The van der Waals surface area contributed by atoms with Crippen LogP contribution in [0.2, 0.25) is 0 Å². The molecule has 2 heterocycles. The predicted octanol–water partition coefficient (Wildman–Crippen LogP) is 0.173. The highest BCUT2D eigenvalue weighted by Crippen LogP contribution is 2.13. The summed E-state index contributed by atoms with van der Waals surface area (Å²) in [5.41, 5.74) is 0. The fraction of sp³-hybridized carbons (Fsp3) is 0.500. The van der Waals surface area contributed by atoms with Gasteiger partial charge in [-0.05, 0) is 6.92 Å². The molecule has 6 nitrogen and oxygen atoms in total. The Kier molecular flexibility index (Phi) is 2.63. The molecule has 0 saturated heterocycles. The van der Waals surface area contributed by atoms with Gasteiger partial charge in [0.25, 0.3) is 0 Å². The van der Waals surface area contributed by atoms with Gasteiger partial charge in [-0.1, -0.05) is 11.3 Å². The summed E-state index contributed by atoms with van der Waals surface area (Å²) in [5.74, 6) is 0.765. The van der Waals surface area contributed by atoms with E-state index in [1.807, 2.05) is 6.92 Å². The van der Waals surface area contributed by atoms with E-state index in [-0.39, 0.29) is 5.91 Å². The molecule has 0 aliphatic heterocycles. The summed E-state index contributed by atoms with van der Waals surface area (Å²) in [5, 5.41) is 15.9. The molecule has 0 spiro atoms. The van der Waals surface area contributed by atoms with E-state index in [9.17, 15) is 4.79 Å². The lowest BCUT2D eigenvalue weighted by Crippen LogP contribution is -2.22. The van der Waals surface area contributed by atoms with Gasteiger partial charge < -0.3 is 5.32 Å². The quantitative estimate of drug-likeness (QED) is 0.808. The van der Waals surface area contributed by atoms with Crippen LogP contribution in [0.15, 0.2) is 0 Å². The zero-order chi connectivity index (χ0) is 10.8. The molecule has 0 atom stereocenters. The van der Waals surface area contributed by atoms with Crippen LogP contribution in [-0.4, -0.2) is 32.3 Å². The number of hydrogen-bond acceptors (Lipinski definition) is 5. The summed E-state index contributed by atoms with van der Waals surface area (Å²) in [6.07, 6.45) is 0.729. The van der Waals surface area contributed by atoms with Crippen molar-refractivity contribution < 1.29 is 4.79 Å². The second-order valence-electron chi connectivity index (χ2n) is 3.17. The van der Waals surface area contributed by atoms with Gasteiger partial charge in [0.05, 0.1) is 0 Å². The second kappa shape index (κ2) is 3.93. The molecule has 2 aromatic rings. The Bertz CT molecular complexity index is 488. The van der Waals surface area contributed by atoms with Crippen molar-refractivity contribution in [3.05, 3.63) is 10.8 Å². The van der Waals surface area contributed by atoms with Gasteiger partial charge in [0.1, 0.15) is 5.01 Å². The first-order chi connectivity index (χ1) is 7.16. The summed E-state index contributed by atoms with van der Waals surface area (Å²) in [6.45, 7) is 3.97. The molecule has 0 saturated carbocycles. The lowest BCUT2D eigenvalue weighted by atomic mass is 10.4. The van der Waals surface area contributed by atoms with Crippen molar-refractivity contribution in [2.75, 3.05) is 6.54 Å². The standard InChI is InChI=1S/C8H11N5OS/c1-5-10-11-8-13(5)12-7(15-8)3-4-9-6(2)14/h3-4H2,1-2H3,(H,9,14). The summed E-state index contributed by atoms with van der Waals surface area (Å²) in [7, 11) is 0. The molecule has 0 aromatic carbocycles. The number of nitrogens with zero attached hydrogens (tertiary/aromatic N) is 4. The number of carbonyl (C=O) groups is 1. The van der Waals surface area contributed by atoms with Gasteiger partial charge in [0.15, 0.2) is 5.82 Å². The van der Waals surface area contributed by atoms with Crippen molar-refractivity contribution in [1.29, 1.82) is 0 Å². The average molecular weight is 225 g/mol. The third-order valence-corrected chi connectivity index (χ3v) is 2.86. The summed E-state index contributed by atoms with van der Waals surface area (Å²) >= 11 is 1.50. The normalized spacial score (nSPS) is 10.8. The highest BCUT2D eigenvalue weighted by molar-refractivity contribution is 7.16. The SMILES string of the molecule is CC(=O)NCCc1nn2c(C)nnc2s1. The van der Waals surface area contributed by atoms with E-state index < -0.39 is 0 Å². The van der Waals surface area contributed by atoms with Crippen LogP contribution >= 0.6 is 11.3 Å². The van der Waals surface area contributed by atoms with Crippen LogP contribution in [-0.2, 0) is 11.2 Å². The molecule has 2 rings (SSSR count). The lowest BCUT2D eigenvalue weighted by molar-refractivity contribution is -0.118. The first-order valence-corrected chi connectivity index (χ1v) is 5.40. The minimum absolute atomic E-state index is 0.0193. The molecule has 15 heavy (non-hydrogen) atoms. The molecule has 1 amide bonds. The first-order valence-electron chi connectivity index (χ1n) is 4.59. The molecular weight excluding hydrogens is 214 g/mol. The molecule has 0 radical (unpaired) electrons. The number of nitrogens with one attached hydrogen (secondary N) is 1. The van der Waals surface area contributed by atoms with Gasteiger partial charge in [-0.15, -0.1) is 10.2 Å². The number of carbonyl (C=O) groups excluding carboxylic acids is 1. The van der Waals surface area contributed by atoms with Crippen molar-refractivity contribution in [3.63, 3.8) is 0 Å². The molecule has 0 unspecified atom stereocenters. The number of fused-ring (bicyclic) bond motifs is 1.